The third-order valence-corrected chi connectivity index (χ3v) is 3.81. The number of carboxylic acid groups (broad SMARTS) is 1. The highest BCUT2D eigenvalue weighted by molar-refractivity contribution is 6.21. The molecule has 5 heteroatoms. The lowest BCUT2D eigenvalue weighted by Crippen LogP contribution is -2.34. The van der Waals surface area contributed by atoms with Gasteiger partial charge in [0.25, 0.3) is 11.8 Å². The second-order valence-corrected chi connectivity index (χ2v) is 4.97. The Morgan fingerprint density at radius 2 is 1.75 bits per heavy atom. The van der Waals surface area contributed by atoms with Crippen LogP contribution >= 0.6 is 0 Å². The smallest absolute Gasteiger partial charge is 0.335 e. The van der Waals surface area contributed by atoms with E-state index in [9.17, 15) is 14.4 Å². The molecule has 1 aliphatic rings. The zero-order chi connectivity index (χ0) is 14.9. The van der Waals surface area contributed by atoms with Gasteiger partial charge in [0.15, 0.2) is 0 Å². The lowest BCUT2D eigenvalue weighted by molar-refractivity contribution is 0.0625. The van der Waals surface area contributed by atoms with Crippen LogP contribution in [0.15, 0.2) is 18.2 Å². The maximum atomic E-state index is 12.3. The predicted octanol–water partition coefficient (Wildman–Crippen LogP) is 2.42. The molecule has 2 amide bonds. The second kappa shape index (κ2) is 5.45. The van der Waals surface area contributed by atoms with Crippen molar-refractivity contribution in [2.24, 2.45) is 5.92 Å². The first-order valence-electron chi connectivity index (χ1n) is 6.73. The van der Waals surface area contributed by atoms with E-state index in [1.165, 1.54) is 23.1 Å². The van der Waals surface area contributed by atoms with Crippen LogP contribution in [0.4, 0.5) is 0 Å². The zero-order valence-corrected chi connectivity index (χ0v) is 11.5. The van der Waals surface area contributed by atoms with Crippen molar-refractivity contribution in [3.8, 4) is 0 Å². The molecule has 2 rings (SSSR count). The van der Waals surface area contributed by atoms with Crippen LogP contribution < -0.4 is 0 Å². The summed E-state index contributed by atoms with van der Waals surface area (Å²) in [6, 6.07) is 4.06. The van der Waals surface area contributed by atoms with Gasteiger partial charge < -0.3 is 5.11 Å². The summed E-state index contributed by atoms with van der Waals surface area (Å²) >= 11 is 0. The summed E-state index contributed by atoms with van der Waals surface area (Å²) in [5.41, 5.74) is 0.515. The van der Waals surface area contributed by atoms with Gasteiger partial charge in [-0.05, 0) is 24.1 Å². The van der Waals surface area contributed by atoms with E-state index >= 15 is 0 Å². The Hall–Kier alpha value is -2.17. The molecule has 1 aromatic carbocycles. The summed E-state index contributed by atoms with van der Waals surface area (Å²) in [4.78, 5) is 36.6. The van der Waals surface area contributed by atoms with E-state index in [2.05, 4.69) is 0 Å². The van der Waals surface area contributed by atoms with Crippen LogP contribution in [-0.2, 0) is 0 Å². The average Bonchev–Trinajstić information content (AvgIpc) is 2.68. The Bertz CT molecular complexity index is 575. The molecule has 0 atom stereocenters. The summed E-state index contributed by atoms with van der Waals surface area (Å²) in [6.07, 6.45) is 1.79. The summed E-state index contributed by atoms with van der Waals surface area (Å²) < 4.78 is 0. The van der Waals surface area contributed by atoms with Crippen LogP contribution in [-0.4, -0.2) is 34.3 Å². The van der Waals surface area contributed by atoms with Crippen LogP contribution in [0.25, 0.3) is 0 Å². The molecule has 5 nitrogen and oxygen atoms in total. The van der Waals surface area contributed by atoms with E-state index in [-0.39, 0.29) is 28.9 Å². The van der Waals surface area contributed by atoms with Crippen molar-refractivity contribution < 1.29 is 19.5 Å². The lowest BCUT2D eigenvalue weighted by Gasteiger charge is -2.19. The van der Waals surface area contributed by atoms with Crippen molar-refractivity contribution in [1.29, 1.82) is 0 Å². The van der Waals surface area contributed by atoms with Crippen LogP contribution in [0.1, 0.15) is 57.8 Å². The summed E-state index contributed by atoms with van der Waals surface area (Å²) in [5.74, 6) is -1.54. The minimum absolute atomic E-state index is 0.0225. The Morgan fingerprint density at radius 1 is 1.15 bits per heavy atom. The maximum Gasteiger partial charge on any atom is 0.335 e. The number of hydrogen-bond acceptors (Lipinski definition) is 3. The van der Waals surface area contributed by atoms with Crippen LogP contribution in [0.2, 0.25) is 0 Å². The molecular formula is C15H17NO4. The maximum absolute atomic E-state index is 12.3. The van der Waals surface area contributed by atoms with Gasteiger partial charge in [0.1, 0.15) is 0 Å². The number of fused-ring (bicyclic) bond motifs is 1. The number of hydrogen-bond donors (Lipinski definition) is 1. The molecule has 106 valence electrons. The van der Waals surface area contributed by atoms with E-state index in [1.54, 1.807) is 0 Å². The van der Waals surface area contributed by atoms with E-state index in [1.807, 2.05) is 13.8 Å². The SMILES string of the molecule is CCC(CC)CN1C(=O)c2ccc(C(=O)O)cc2C1=O. The van der Waals surface area contributed by atoms with Crippen molar-refractivity contribution in [3.63, 3.8) is 0 Å². The minimum atomic E-state index is -1.11. The number of carbonyl (C=O) groups excluding carboxylic acids is 2. The van der Waals surface area contributed by atoms with Crippen molar-refractivity contribution in [1.82, 2.24) is 4.90 Å². The van der Waals surface area contributed by atoms with Crippen molar-refractivity contribution in [3.05, 3.63) is 34.9 Å². The van der Waals surface area contributed by atoms with Gasteiger partial charge in [-0.1, -0.05) is 26.7 Å². The molecule has 0 unspecified atom stereocenters. The third-order valence-electron chi connectivity index (χ3n) is 3.81. The number of carboxylic acids is 1. The number of imide groups is 1. The first-order chi connectivity index (χ1) is 9.49. The van der Waals surface area contributed by atoms with E-state index in [4.69, 9.17) is 5.11 Å². The summed E-state index contributed by atoms with van der Waals surface area (Å²) in [6.45, 7) is 4.44. The molecule has 0 saturated heterocycles. The molecule has 0 aliphatic carbocycles. The highest BCUT2D eigenvalue weighted by Crippen LogP contribution is 2.26. The van der Waals surface area contributed by atoms with Crippen LogP contribution in [0, 0.1) is 5.92 Å². The summed E-state index contributed by atoms with van der Waals surface area (Å²) in [7, 11) is 0. The fraction of sp³-hybridized carbons (Fsp3) is 0.400. The molecule has 1 aliphatic heterocycles. The number of rotatable bonds is 5. The number of nitrogens with zero attached hydrogens (tertiary/aromatic N) is 1. The highest BCUT2D eigenvalue weighted by atomic mass is 16.4. The topological polar surface area (TPSA) is 74.7 Å². The molecule has 0 fully saturated rings. The molecular weight excluding hydrogens is 258 g/mol. The zero-order valence-electron chi connectivity index (χ0n) is 11.5. The molecule has 1 aromatic rings. The number of benzene rings is 1. The minimum Gasteiger partial charge on any atom is -0.478 e. The van der Waals surface area contributed by atoms with Crippen LogP contribution in [0.3, 0.4) is 0 Å². The van der Waals surface area contributed by atoms with Crippen molar-refractivity contribution >= 4 is 17.8 Å². The largest absolute Gasteiger partial charge is 0.478 e. The molecule has 1 heterocycles. The van der Waals surface area contributed by atoms with Crippen molar-refractivity contribution in [2.75, 3.05) is 6.54 Å². The van der Waals surface area contributed by atoms with Crippen molar-refractivity contribution in [2.45, 2.75) is 26.7 Å². The Balaban J connectivity index is 2.32. The fourth-order valence-corrected chi connectivity index (χ4v) is 2.39. The normalized spacial score (nSPS) is 14.1. The summed E-state index contributed by atoms with van der Waals surface area (Å²) in [5, 5.41) is 8.95. The molecule has 0 aromatic heterocycles. The van der Waals surface area contributed by atoms with Gasteiger partial charge in [0.05, 0.1) is 16.7 Å². The number of amides is 2. The van der Waals surface area contributed by atoms with Crippen LogP contribution in [0.5, 0.6) is 0 Å². The Kier molecular flexibility index (Phi) is 3.88. The number of aromatic carboxylic acids is 1. The third kappa shape index (κ3) is 2.31. The Morgan fingerprint density at radius 3 is 2.30 bits per heavy atom. The van der Waals surface area contributed by atoms with E-state index < -0.39 is 5.97 Å². The van der Waals surface area contributed by atoms with Gasteiger partial charge in [0.2, 0.25) is 0 Å². The first kappa shape index (κ1) is 14.2. The quantitative estimate of drug-likeness (QED) is 0.837. The average molecular weight is 275 g/mol. The van der Waals surface area contributed by atoms with Gasteiger partial charge in [-0.15, -0.1) is 0 Å². The monoisotopic (exact) mass is 275 g/mol. The highest BCUT2D eigenvalue weighted by Gasteiger charge is 2.36. The molecule has 20 heavy (non-hydrogen) atoms. The molecule has 0 bridgehead atoms. The van der Waals surface area contributed by atoms with Gasteiger partial charge in [-0.2, -0.15) is 0 Å². The molecule has 0 saturated carbocycles. The first-order valence-corrected chi connectivity index (χ1v) is 6.73. The lowest BCUT2D eigenvalue weighted by atomic mass is 10.0. The van der Waals surface area contributed by atoms with Gasteiger partial charge in [0, 0.05) is 6.54 Å². The number of carbonyl (C=O) groups is 3. The van der Waals surface area contributed by atoms with Gasteiger partial charge in [-0.25, -0.2) is 4.79 Å². The van der Waals surface area contributed by atoms with E-state index in [0.29, 0.717) is 12.1 Å². The fourth-order valence-electron chi connectivity index (χ4n) is 2.39. The Labute approximate surface area is 117 Å². The standard InChI is InChI=1S/C15H17NO4/c1-3-9(4-2)8-16-13(17)11-6-5-10(15(19)20)7-12(11)14(16)18/h5-7,9H,3-4,8H2,1-2H3,(H,19,20). The predicted molar refractivity (Wildman–Crippen MR) is 72.8 cm³/mol. The molecule has 0 radical (unpaired) electrons. The molecule has 1 N–H and O–H groups in total. The molecule has 0 spiro atoms. The second-order valence-electron chi connectivity index (χ2n) is 4.97. The van der Waals surface area contributed by atoms with Gasteiger partial charge >= 0.3 is 5.97 Å². The van der Waals surface area contributed by atoms with Gasteiger partial charge in [-0.3, -0.25) is 14.5 Å². The van der Waals surface area contributed by atoms with E-state index in [0.717, 1.165) is 12.8 Å².